The summed E-state index contributed by atoms with van der Waals surface area (Å²) in [7, 11) is 3.07. The van der Waals surface area contributed by atoms with Crippen molar-refractivity contribution in [1.29, 1.82) is 0 Å². The number of methoxy groups -OCH3 is 2. The maximum Gasteiger partial charge on any atom is 0.309 e. The summed E-state index contributed by atoms with van der Waals surface area (Å²) in [5.41, 5.74) is 1.12. The molecule has 1 rings (SSSR count). The maximum atomic E-state index is 11.3. The van der Waals surface area contributed by atoms with Gasteiger partial charge in [-0.1, -0.05) is 12.2 Å². The third-order valence-electron chi connectivity index (χ3n) is 2.51. The first-order valence-corrected chi connectivity index (χ1v) is 4.42. The van der Waals surface area contributed by atoms with Crippen molar-refractivity contribution in [2.75, 3.05) is 20.8 Å². The minimum Gasteiger partial charge on any atom is -0.469 e. The lowest BCUT2D eigenvalue weighted by molar-refractivity contribution is -0.147. The second-order valence-corrected chi connectivity index (χ2v) is 3.50. The number of carbonyl (C=O) groups is 1. The van der Waals surface area contributed by atoms with E-state index in [4.69, 9.17) is 9.47 Å². The van der Waals surface area contributed by atoms with E-state index in [-0.39, 0.29) is 17.8 Å². The minimum atomic E-state index is -0.138. The van der Waals surface area contributed by atoms with E-state index in [1.165, 1.54) is 7.11 Å². The standard InChI is InChI=1S/C10H16O3/c1-7-4-8(6-12-2)9(5-7)10(11)13-3/h8-9H,1,4-6H2,2-3H3. The Morgan fingerprint density at radius 3 is 2.77 bits per heavy atom. The lowest BCUT2D eigenvalue weighted by Crippen LogP contribution is -2.23. The van der Waals surface area contributed by atoms with Crippen molar-refractivity contribution in [3.05, 3.63) is 12.2 Å². The van der Waals surface area contributed by atoms with Gasteiger partial charge in [0.2, 0.25) is 0 Å². The fraction of sp³-hybridized carbons (Fsp3) is 0.700. The third kappa shape index (κ3) is 2.31. The van der Waals surface area contributed by atoms with Crippen molar-refractivity contribution in [3.8, 4) is 0 Å². The zero-order valence-electron chi connectivity index (χ0n) is 8.21. The highest BCUT2D eigenvalue weighted by molar-refractivity contribution is 5.73. The van der Waals surface area contributed by atoms with Gasteiger partial charge in [-0.2, -0.15) is 0 Å². The van der Waals surface area contributed by atoms with Gasteiger partial charge in [-0.15, -0.1) is 0 Å². The maximum absolute atomic E-state index is 11.3. The molecule has 0 aromatic heterocycles. The minimum absolute atomic E-state index is 0.0440. The molecule has 3 nitrogen and oxygen atoms in total. The molecule has 13 heavy (non-hydrogen) atoms. The monoisotopic (exact) mass is 184 g/mol. The Morgan fingerprint density at radius 1 is 1.54 bits per heavy atom. The van der Waals surface area contributed by atoms with Crippen LogP contribution in [-0.4, -0.2) is 26.8 Å². The van der Waals surface area contributed by atoms with E-state index >= 15 is 0 Å². The number of rotatable bonds is 3. The molecule has 0 amide bonds. The Morgan fingerprint density at radius 2 is 2.23 bits per heavy atom. The Hall–Kier alpha value is -0.830. The normalized spacial score (nSPS) is 27.7. The second kappa shape index (κ2) is 4.42. The molecule has 1 aliphatic carbocycles. The molecule has 74 valence electrons. The summed E-state index contributed by atoms with van der Waals surface area (Å²) < 4.78 is 9.77. The van der Waals surface area contributed by atoms with Crippen LogP contribution in [0, 0.1) is 11.8 Å². The molecule has 0 heterocycles. The molecule has 2 unspecified atom stereocenters. The summed E-state index contributed by atoms with van der Waals surface area (Å²) in [6, 6.07) is 0. The molecule has 0 saturated heterocycles. The first kappa shape index (κ1) is 10.3. The summed E-state index contributed by atoms with van der Waals surface area (Å²) in [6.07, 6.45) is 1.63. The van der Waals surface area contributed by atoms with Crippen molar-refractivity contribution >= 4 is 5.97 Å². The molecular weight excluding hydrogens is 168 g/mol. The molecular formula is C10H16O3. The Labute approximate surface area is 78.7 Å². The quantitative estimate of drug-likeness (QED) is 0.491. The van der Waals surface area contributed by atoms with Crippen LogP contribution < -0.4 is 0 Å². The van der Waals surface area contributed by atoms with Crippen molar-refractivity contribution in [2.24, 2.45) is 11.8 Å². The number of hydrogen-bond acceptors (Lipinski definition) is 3. The summed E-state index contributed by atoms with van der Waals surface area (Å²) in [5.74, 6) is 0.0723. The van der Waals surface area contributed by atoms with E-state index in [9.17, 15) is 4.79 Å². The fourth-order valence-electron chi connectivity index (χ4n) is 1.89. The molecule has 2 atom stereocenters. The van der Waals surface area contributed by atoms with Crippen LogP contribution in [-0.2, 0) is 14.3 Å². The number of carbonyl (C=O) groups excluding carboxylic acids is 1. The highest BCUT2D eigenvalue weighted by Crippen LogP contribution is 2.35. The van der Waals surface area contributed by atoms with Gasteiger partial charge >= 0.3 is 5.97 Å². The summed E-state index contributed by atoms with van der Waals surface area (Å²) in [6.45, 7) is 4.50. The Bertz CT molecular complexity index is 210. The van der Waals surface area contributed by atoms with E-state index < -0.39 is 0 Å². The van der Waals surface area contributed by atoms with Crippen LogP contribution >= 0.6 is 0 Å². The van der Waals surface area contributed by atoms with Gasteiger partial charge in [0.25, 0.3) is 0 Å². The molecule has 3 heteroatoms. The highest BCUT2D eigenvalue weighted by Gasteiger charge is 2.35. The average Bonchev–Trinajstić information content (AvgIpc) is 2.46. The van der Waals surface area contributed by atoms with Crippen molar-refractivity contribution in [1.82, 2.24) is 0 Å². The van der Waals surface area contributed by atoms with Crippen LogP contribution in [0.5, 0.6) is 0 Å². The number of esters is 1. The molecule has 1 aliphatic rings. The summed E-state index contributed by atoms with van der Waals surface area (Å²) in [4.78, 5) is 11.3. The van der Waals surface area contributed by atoms with Crippen LogP contribution in [0.4, 0.5) is 0 Å². The highest BCUT2D eigenvalue weighted by atomic mass is 16.5. The SMILES string of the molecule is C=C1CC(COC)C(C(=O)OC)C1. The van der Waals surface area contributed by atoms with Gasteiger partial charge < -0.3 is 9.47 Å². The van der Waals surface area contributed by atoms with E-state index in [0.717, 1.165) is 18.4 Å². The topological polar surface area (TPSA) is 35.5 Å². The van der Waals surface area contributed by atoms with Crippen LogP contribution in [0.2, 0.25) is 0 Å². The zero-order valence-corrected chi connectivity index (χ0v) is 8.21. The van der Waals surface area contributed by atoms with Gasteiger partial charge in [0.05, 0.1) is 19.6 Å². The average molecular weight is 184 g/mol. The van der Waals surface area contributed by atoms with Gasteiger partial charge in [0.1, 0.15) is 0 Å². The first-order chi connectivity index (χ1) is 6.19. The molecule has 1 saturated carbocycles. The van der Waals surface area contributed by atoms with Crippen molar-refractivity contribution < 1.29 is 14.3 Å². The second-order valence-electron chi connectivity index (χ2n) is 3.50. The van der Waals surface area contributed by atoms with Crippen LogP contribution in [0.1, 0.15) is 12.8 Å². The lowest BCUT2D eigenvalue weighted by Gasteiger charge is -2.15. The first-order valence-electron chi connectivity index (χ1n) is 4.42. The lowest BCUT2D eigenvalue weighted by atomic mass is 9.97. The van der Waals surface area contributed by atoms with E-state index in [2.05, 4.69) is 6.58 Å². The van der Waals surface area contributed by atoms with Crippen LogP contribution in [0.15, 0.2) is 12.2 Å². The van der Waals surface area contributed by atoms with Gasteiger partial charge in [-0.25, -0.2) is 0 Å². The molecule has 0 aromatic carbocycles. The summed E-state index contributed by atoms with van der Waals surface area (Å²) >= 11 is 0. The largest absolute Gasteiger partial charge is 0.469 e. The van der Waals surface area contributed by atoms with E-state index in [1.54, 1.807) is 7.11 Å². The van der Waals surface area contributed by atoms with Crippen molar-refractivity contribution in [2.45, 2.75) is 12.8 Å². The molecule has 0 radical (unpaired) electrons. The predicted molar refractivity (Wildman–Crippen MR) is 49.2 cm³/mol. The predicted octanol–water partition coefficient (Wildman–Crippen LogP) is 1.39. The Balaban J connectivity index is 2.60. The zero-order chi connectivity index (χ0) is 9.84. The molecule has 1 fully saturated rings. The number of allylic oxidation sites excluding steroid dienone is 1. The molecule has 0 aromatic rings. The Kier molecular flexibility index (Phi) is 3.48. The number of ether oxygens (including phenoxy) is 2. The fourth-order valence-corrected chi connectivity index (χ4v) is 1.89. The van der Waals surface area contributed by atoms with Gasteiger partial charge in [0, 0.05) is 7.11 Å². The summed E-state index contributed by atoms with van der Waals surface area (Å²) in [5, 5.41) is 0. The van der Waals surface area contributed by atoms with Crippen LogP contribution in [0.25, 0.3) is 0 Å². The number of hydrogen-bond donors (Lipinski definition) is 0. The molecule has 0 N–H and O–H groups in total. The smallest absolute Gasteiger partial charge is 0.309 e. The molecule has 0 spiro atoms. The van der Waals surface area contributed by atoms with Crippen molar-refractivity contribution in [3.63, 3.8) is 0 Å². The molecule has 0 bridgehead atoms. The molecule has 0 aliphatic heterocycles. The van der Waals surface area contributed by atoms with Gasteiger partial charge in [-0.05, 0) is 18.8 Å². The van der Waals surface area contributed by atoms with E-state index in [1.807, 2.05) is 0 Å². The van der Waals surface area contributed by atoms with Crippen LogP contribution in [0.3, 0.4) is 0 Å². The third-order valence-corrected chi connectivity index (χ3v) is 2.51. The van der Waals surface area contributed by atoms with Gasteiger partial charge in [0.15, 0.2) is 0 Å². The van der Waals surface area contributed by atoms with Gasteiger partial charge in [-0.3, -0.25) is 4.79 Å². The van der Waals surface area contributed by atoms with E-state index in [0.29, 0.717) is 6.61 Å².